The van der Waals surface area contributed by atoms with Gasteiger partial charge in [0.2, 0.25) is 0 Å². The molecule has 0 radical (unpaired) electrons. The maximum absolute atomic E-state index is 11.1. The topological polar surface area (TPSA) is 81.4 Å². The minimum absolute atomic E-state index is 0.0674. The van der Waals surface area contributed by atoms with E-state index in [-0.39, 0.29) is 18.5 Å². The lowest BCUT2D eigenvalue weighted by atomic mass is 9.90. The molecule has 2 aromatic rings. The molecule has 1 aromatic carbocycles. The zero-order chi connectivity index (χ0) is 14.6. The van der Waals surface area contributed by atoms with E-state index in [1.165, 1.54) is 4.31 Å². The van der Waals surface area contributed by atoms with Crippen molar-refractivity contribution in [3.8, 4) is 11.3 Å². The normalized spacial score (nSPS) is 29.3. The summed E-state index contributed by atoms with van der Waals surface area (Å²) in [4.78, 5) is 4.19. The number of hydrogen-bond acceptors (Lipinski definition) is 4. The second-order valence-electron chi connectivity index (χ2n) is 5.51. The molecule has 2 aliphatic heterocycles. The third-order valence-electron chi connectivity index (χ3n) is 4.44. The molecule has 4 rings (SSSR count). The zero-order valence-electron chi connectivity index (χ0n) is 11.1. The van der Waals surface area contributed by atoms with E-state index in [9.17, 15) is 13.9 Å². The molecule has 110 valence electrons. The Bertz CT molecular complexity index is 717. The first-order chi connectivity index (χ1) is 10.2. The summed E-state index contributed by atoms with van der Waals surface area (Å²) >= 11 is -2.29. The lowest BCUT2D eigenvalue weighted by molar-refractivity contribution is 0.126. The molecule has 1 aromatic heterocycles. The van der Waals surface area contributed by atoms with Crippen molar-refractivity contribution in [3.05, 3.63) is 42.4 Å². The van der Waals surface area contributed by atoms with E-state index < -0.39 is 17.4 Å². The largest absolute Gasteiger partial charge is 0.760 e. The fourth-order valence-corrected chi connectivity index (χ4v) is 4.09. The molecular formula is C14H14N3O3S-. The average Bonchev–Trinajstić information content (AvgIpc) is 3.13. The highest BCUT2D eigenvalue weighted by Gasteiger charge is 2.42. The molecule has 0 amide bonds. The fourth-order valence-electron chi connectivity index (χ4n) is 3.52. The average molecular weight is 304 g/mol. The molecule has 21 heavy (non-hydrogen) atoms. The lowest BCUT2D eigenvalue weighted by Crippen LogP contribution is -2.27. The minimum atomic E-state index is -2.29. The van der Waals surface area contributed by atoms with Gasteiger partial charge in [-0.2, -0.15) is 0 Å². The number of hydrogen-bond donors (Lipinski definition) is 1. The SMILES string of the molecule is O=S([O-])N1CC(O)C(C2c3ccccc3-c3cncn32)C1. The van der Waals surface area contributed by atoms with Gasteiger partial charge >= 0.3 is 0 Å². The van der Waals surface area contributed by atoms with Crippen LogP contribution in [0.4, 0.5) is 0 Å². The van der Waals surface area contributed by atoms with Crippen LogP contribution < -0.4 is 0 Å². The molecule has 6 nitrogen and oxygen atoms in total. The summed E-state index contributed by atoms with van der Waals surface area (Å²) in [6, 6.07) is 7.95. The van der Waals surface area contributed by atoms with Crippen LogP contribution in [0.2, 0.25) is 0 Å². The highest BCUT2D eigenvalue weighted by Crippen LogP contribution is 2.45. The van der Waals surface area contributed by atoms with Gasteiger partial charge in [-0.15, -0.1) is 0 Å². The molecule has 2 aliphatic rings. The number of fused-ring (bicyclic) bond motifs is 3. The van der Waals surface area contributed by atoms with E-state index >= 15 is 0 Å². The lowest BCUT2D eigenvalue weighted by Gasteiger charge is -2.24. The summed E-state index contributed by atoms with van der Waals surface area (Å²) in [5.41, 5.74) is 3.25. The molecule has 0 saturated carbocycles. The van der Waals surface area contributed by atoms with Crippen molar-refractivity contribution in [2.45, 2.75) is 12.1 Å². The van der Waals surface area contributed by atoms with Gasteiger partial charge in [-0.25, -0.2) is 9.29 Å². The van der Waals surface area contributed by atoms with Crippen LogP contribution >= 0.6 is 0 Å². The van der Waals surface area contributed by atoms with E-state index in [2.05, 4.69) is 4.98 Å². The Morgan fingerprint density at radius 1 is 1.33 bits per heavy atom. The Morgan fingerprint density at radius 2 is 2.14 bits per heavy atom. The monoisotopic (exact) mass is 304 g/mol. The van der Waals surface area contributed by atoms with Crippen molar-refractivity contribution in [2.24, 2.45) is 5.92 Å². The molecular weight excluding hydrogens is 290 g/mol. The van der Waals surface area contributed by atoms with Gasteiger partial charge in [0, 0.05) is 35.8 Å². The van der Waals surface area contributed by atoms with Crippen molar-refractivity contribution in [2.75, 3.05) is 13.1 Å². The van der Waals surface area contributed by atoms with Crippen molar-refractivity contribution < 1.29 is 13.9 Å². The van der Waals surface area contributed by atoms with E-state index in [1.807, 2.05) is 35.0 Å². The first-order valence-electron chi connectivity index (χ1n) is 6.80. The highest BCUT2D eigenvalue weighted by atomic mass is 32.2. The highest BCUT2D eigenvalue weighted by molar-refractivity contribution is 7.76. The molecule has 0 spiro atoms. The third kappa shape index (κ3) is 1.89. The molecule has 4 atom stereocenters. The molecule has 0 bridgehead atoms. The number of benzene rings is 1. The van der Waals surface area contributed by atoms with Gasteiger partial charge in [-0.3, -0.25) is 4.21 Å². The van der Waals surface area contributed by atoms with Gasteiger partial charge in [0.05, 0.1) is 30.4 Å². The van der Waals surface area contributed by atoms with Crippen LogP contribution in [0.5, 0.6) is 0 Å². The van der Waals surface area contributed by atoms with Gasteiger partial charge in [0.1, 0.15) is 0 Å². The zero-order valence-corrected chi connectivity index (χ0v) is 11.9. The van der Waals surface area contributed by atoms with Gasteiger partial charge in [-0.1, -0.05) is 24.3 Å². The Kier molecular flexibility index (Phi) is 2.97. The Labute approximate surface area is 124 Å². The number of imidazole rings is 1. The standard InChI is InChI=1S/C14H15N3O3S/c18-13-7-16(21(19)20)6-11(13)14-10-4-2-1-3-9(10)12-5-15-8-17(12)14/h1-5,8,11,13-14,18H,6-7H2,(H,19,20)/p-1. The first kappa shape index (κ1) is 13.1. The number of rotatable bonds is 2. The van der Waals surface area contributed by atoms with Crippen LogP contribution in [0.1, 0.15) is 11.6 Å². The molecule has 3 heterocycles. The number of aliphatic hydroxyl groups excluding tert-OH is 1. The first-order valence-corrected chi connectivity index (χ1v) is 7.83. The van der Waals surface area contributed by atoms with Crippen molar-refractivity contribution in [3.63, 3.8) is 0 Å². The molecule has 4 unspecified atom stereocenters. The van der Waals surface area contributed by atoms with Crippen LogP contribution in [0, 0.1) is 5.92 Å². The quantitative estimate of drug-likeness (QED) is 0.821. The summed E-state index contributed by atoms with van der Waals surface area (Å²) in [6.45, 7) is 0.484. The maximum atomic E-state index is 11.1. The van der Waals surface area contributed by atoms with Crippen molar-refractivity contribution in [1.82, 2.24) is 13.9 Å². The number of aromatic nitrogens is 2. The summed E-state index contributed by atoms with van der Waals surface area (Å²) < 4.78 is 25.6. The summed E-state index contributed by atoms with van der Waals surface area (Å²) in [5, 5.41) is 10.3. The molecule has 1 saturated heterocycles. The van der Waals surface area contributed by atoms with E-state index in [0.29, 0.717) is 6.54 Å². The van der Waals surface area contributed by atoms with Crippen molar-refractivity contribution >= 4 is 11.3 Å². The third-order valence-corrected chi connectivity index (χ3v) is 5.16. The summed E-state index contributed by atoms with van der Waals surface area (Å²) in [6.07, 6.45) is 2.89. The van der Waals surface area contributed by atoms with Crippen LogP contribution in [0.25, 0.3) is 11.3 Å². The van der Waals surface area contributed by atoms with E-state index in [4.69, 9.17) is 0 Å². The Balaban J connectivity index is 1.78. The summed E-state index contributed by atoms with van der Waals surface area (Å²) in [5.74, 6) is -0.167. The van der Waals surface area contributed by atoms with Crippen LogP contribution in [-0.2, 0) is 11.3 Å². The molecule has 1 fully saturated rings. The Hall–Kier alpha value is -1.54. The number of nitrogens with zero attached hydrogens (tertiary/aromatic N) is 3. The second-order valence-corrected chi connectivity index (χ2v) is 6.46. The number of aliphatic hydroxyl groups is 1. The Morgan fingerprint density at radius 3 is 2.90 bits per heavy atom. The van der Waals surface area contributed by atoms with E-state index in [1.54, 1.807) is 6.33 Å². The van der Waals surface area contributed by atoms with Crippen LogP contribution in [-0.4, -0.2) is 46.9 Å². The predicted molar refractivity (Wildman–Crippen MR) is 75.8 cm³/mol. The van der Waals surface area contributed by atoms with Crippen LogP contribution in [0.3, 0.4) is 0 Å². The number of β-amino-alcohol motifs (C(OH)–C–C–N with tert-alkyl or cyclic N) is 1. The smallest absolute Gasteiger partial charge is 0.0956 e. The van der Waals surface area contributed by atoms with Crippen molar-refractivity contribution in [1.29, 1.82) is 0 Å². The van der Waals surface area contributed by atoms with Gasteiger partial charge < -0.3 is 14.2 Å². The molecule has 1 N–H and O–H groups in total. The summed E-state index contributed by atoms with van der Waals surface area (Å²) in [7, 11) is 0. The molecule has 0 aliphatic carbocycles. The predicted octanol–water partition coefficient (Wildman–Crippen LogP) is 0.540. The maximum Gasteiger partial charge on any atom is 0.0956 e. The van der Waals surface area contributed by atoms with E-state index in [0.717, 1.165) is 16.8 Å². The minimum Gasteiger partial charge on any atom is -0.760 e. The second kappa shape index (κ2) is 4.74. The molecule has 7 heteroatoms. The van der Waals surface area contributed by atoms with Gasteiger partial charge in [-0.05, 0) is 5.56 Å². The fraction of sp³-hybridized carbons (Fsp3) is 0.357. The van der Waals surface area contributed by atoms with Gasteiger partial charge in [0.15, 0.2) is 0 Å². The van der Waals surface area contributed by atoms with Gasteiger partial charge in [0.25, 0.3) is 0 Å². The van der Waals surface area contributed by atoms with Crippen LogP contribution in [0.15, 0.2) is 36.8 Å².